The lowest BCUT2D eigenvalue weighted by atomic mass is 10.1. The summed E-state index contributed by atoms with van der Waals surface area (Å²) in [6.45, 7) is 4.61. The third kappa shape index (κ3) is 43.2. The van der Waals surface area contributed by atoms with E-state index in [-0.39, 0.29) is 38.6 Å². The van der Waals surface area contributed by atoms with E-state index in [4.69, 9.17) is 18.9 Å². The van der Waals surface area contributed by atoms with E-state index in [1.807, 2.05) is 21.1 Å². The number of hydrogen-bond donors (Lipinski definition) is 0. The highest BCUT2D eigenvalue weighted by Gasteiger charge is 2.21. The summed E-state index contributed by atoms with van der Waals surface area (Å²) in [6, 6.07) is 0. The molecule has 0 saturated carbocycles. The van der Waals surface area contributed by atoms with Crippen LogP contribution in [0.15, 0.2) is 48.6 Å². The first-order chi connectivity index (χ1) is 28.6. The molecule has 59 heavy (non-hydrogen) atoms. The number of rotatable bonds is 43. The van der Waals surface area contributed by atoms with Gasteiger partial charge in [-0.15, -0.1) is 0 Å². The van der Waals surface area contributed by atoms with Gasteiger partial charge in [-0.05, 0) is 70.6 Å². The molecule has 0 amide bonds. The van der Waals surface area contributed by atoms with Crippen LogP contribution in [0.2, 0.25) is 0 Å². The fourth-order valence-corrected chi connectivity index (χ4v) is 6.37. The average Bonchev–Trinajstić information content (AvgIpc) is 3.19. The maximum absolute atomic E-state index is 12.8. The number of carbonyl (C=O) groups is 3. The molecule has 0 rings (SSSR count). The van der Waals surface area contributed by atoms with Crippen LogP contribution in [0.3, 0.4) is 0 Å². The van der Waals surface area contributed by atoms with Gasteiger partial charge in [-0.25, -0.2) is 0 Å². The van der Waals surface area contributed by atoms with Gasteiger partial charge >= 0.3 is 11.9 Å². The van der Waals surface area contributed by atoms with Crippen LogP contribution in [0.25, 0.3) is 0 Å². The van der Waals surface area contributed by atoms with Gasteiger partial charge in [-0.2, -0.15) is 0 Å². The molecule has 0 bridgehead atoms. The smallest absolute Gasteiger partial charge is 0.306 e. The van der Waals surface area contributed by atoms with Gasteiger partial charge in [0.2, 0.25) is 0 Å². The van der Waals surface area contributed by atoms with Crippen molar-refractivity contribution in [3.8, 4) is 0 Å². The zero-order valence-electron chi connectivity index (χ0n) is 38.6. The molecule has 0 radical (unpaired) electrons. The second-order valence-electron chi connectivity index (χ2n) is 17.0. The lowest BCUT2D eigenvalue weighted by molar-refractivity contribution is -0.870. The molecule has 0 aliphatic rings. The Balaban J connectivity index is 4.42. The molecule has 0 N–H and O–H groups in total. The number of aliphatic carboxylic acids is 1. The van der Waals surface area contributed by atoms with Crippen LogP contribution in [-0.4, -0.2) is 82.3 Å². The first-order valence-corrected chi connectivity index (χ1v) is 23.8. The van der Waals surface area contributed by atoms with E-state index in [9.17, 15) is 19.5 Å². The van der Waals surface area contributed by atoms with Gasteiger partial charge in [-0.3, -0.25) is 9.59 Å². The van der Waals surface area contributed by atoms with E-state index in [1.165, 1.54) is 83.5 Å². The van der Waals surface area contributed by atoms with Crippen molar-refractivity contribution in [1.82, 2.24) is 0 Å². The SMILES string of the molecule is CC/C=C\C/C=C\C/C=C\CCCCCCCCCC(=O)OC(COC(=O)CCCCCCCCC/C=C\CCCCCCCC)COC(OCC[N+](C)(C)C)C(=O)[O-]. The molecule has 9 nitrogen and oxygen atoms in total. The number of carbonyl (C=O) groups excluding carboxylic acids is 3. The molecular formula is C50H89NO8. The molecule has 0 spiro atoms. The third-order valence-corrected chi connectivity index (χ3v) is 10.1. The van der Waals surface area contributed by atoms with E-state index >= 15 is 0 Å². The van der Waals surface area contributed by atoms with E-state index in [0.717, 1.165) is 77.0 Å². The maximum atomic E-state index is 12.8. The molecule has 2 unspecified atom stereocenters. The van der Waals surface area contributed by atoms with Crippen molar-refractivity contribution < 1.29 is 42.9 Å². The number of hydrogen-bond acceptors (Lipinski definition) is 8. The summed E-state index contributed by atoms with van der Waals surface area (Å²) in [5.74, 6) is -2.30. The molecule has 2 atom stereocenters. The first-order valence-electron chi connectivity index (χ1n) is 23.8. The van der Waals surface area contributed by atoms with Crippen molar-refractivity contribution >= 4 is 17.9 Å². The largest absolute Gasteiger partial charge is 0.545 e. The summed E-state index contributed by atoms with van der Waals surface area (Å²) < 4.78 is 22.6. The summed E-state index contributed by atoms with van der Waals surface area (Å²) >= 11 is 0. The Morgan fingerprint density at radius 3 is 1.46 bits per heavy atom. The summed E-state index contributed by atoms with van der Waals surface area (Å²) in [4.78, 5) is 37.0. The molecule has 0 heterocycles. The maximum Gasteiger partial charge on any atom is 0.306 e. The quantitative estimate of drug-likeness (QED) is 0.0196. The van der Waals surface area contributed by atoms with Crippen LogP contribution in [0.4, 0.5) is 0 Å². The number of esters is 2. The van der Waals surface area contributed by atoms with Crippen LogP contribution in [0.1, 0.15) is 194 Å². The number of allylic oxidation sites excluding steroid dienone is 8. The zero-order chi connectivity index (χ0) is 43.5. The number of likely N-dealkylation sites (N-methyl/N-ethyl adjacent to an activating group) is 1. The van der Waals surface area contributed by atoms with Crippen molar-refractivity contribution in [3.05, 3.63) is 48.6 Å². The highest BCUT2D eigenvalue weighted by atomic mass is 16.7. The van der Waals surface area contributed by atoms with Crippen molar-refractivity contribution in [2.45, 2.75) is 206 Å². The molecule has 0 aromatic heterocycles. The molecular weight excluding hydrogens is 743 g/mol. The Bertz CT molecular complexity index is 1110. The topological polar surface area (TPSA) is 111 Å². The number of ether oxygens (including phenoxy) is 4. The molecule has 342 valence electrons. The Kier molecular flexibility index (Phi) is 40.0. The second-order valence-corrected chi connectivity index (χ2v) is 17.0. The van der Waals surface area contributed by atoms with Crippen LogP contribution in [-0.2, 0) is 33.3 Å². The molecule has 9 heteroatoms. The Labute approximate surface area is 362 Å². The lowest BCUT2D eigenvalue weighted by Gasteiger charge is -2.26. The molecule has 0 fully saturated rings. The molecule has 0 aromatic rings. The van der Waals surface area contributed by atoms with Gasteiger partial charge in [0.25, 0.3) is 0 Å². The number of carboxylic acids is 1. The standard InChI is InChI=1S/C50H89NO8/c1-6-8-10-12-14-16-18-20-22-24-26-28-30-32-34-36-38-40-47(52)57-44-46(45-58-50(49(54)55)56-43-42-51(3,4)5)59-48(53)41-39-37-35-33-31-29-27-25-23-21-19-17-15-13-11-9-7-2/h9,11,15,17,20-23,46,50H,6-8,10,12-14,16,18-19,24-45H2,1-5H3/b11-9-,17-15-,22-20-,23-21-. The Hall–Kier alpha value is -2.75. The lowest BCUT2D eigenvalue weighted by Crippen LogP contribution is -2.44. The van der Waals surface area contributed by atoms with Gasteiger partial charge in [0, 0.05) is 12.8 Å². The number of unbranched alkanes of at least 4 members (excludes halogenated alkanes) is 20. The molecule has 0 aliphatic heterocycles. The zero-order valence-corrected chi connectivity index (χ0v) is 38.6. The van der Waals surface area contributed by atoms with Crippen molar-refractivity contribution in [1.29, 1.82) is 0 Å². The normalized spacial score (nSPS) is 13.3. The highest BCUT2D eigenvalue weighted by Crippen LogP contribution is 2.14. The molecule has 0 aliphatic carbocycles. The van der Waals surface area contributed by atoms with Crippen LogP contribution in [0, 0.1) is 0 Å². The van der Waals surface area contributed by atoms with Gasteiger partial charge in [0.05, 0.1) is 40.3 Å². The minimum absolute atomic E-state index is 0.144. The molecule has 0 aromatic carbocycles. The minimum Gasteiger partial charge on any atom is -0.545 e. The number of carboxylic acid groups (broad SMARTS) is 1. The predicted molar refractivity (Wildman–Crippen MR) is 242 cm³/mol. The van der Waals surface area contributed by atoms with E-state index in [2.05, 4.69) is 62.5 Å². The van der Waals surface area contributed by atoms with Crippen molar-refractivity contribution in [2.24, 2.45) is 0 Å². The van der Waals surface area contributed by atoms with E-state index in [1.54, 1.807) is 0 Å². The summed E-state index contributed by atoms with van der Waals surface area (Å²) in [5, 5.41) is 11.7. The van der Waals surface area contributed by atoms with E-state index in [0.29, 0.717) is 17.4 Å². The van der Waals surface area contributed by atoms with Crippen LogP contribution in [0.5, 0.6) is 0 Å². The average molecular weight is 832 g/mol. The van der Waals surface area contributed by atoms with Crippen molar-refractivity contribution in [2.75, 3.05) is 47.5 Å². The fourth-order valence-electron chi connectivity index (χ4n) is 6.37. The van der Waals surface area contributed by atoms with Gasteiger partial charge < -0.3 is 33.3 Å². The first kappa shape index (κ1) is 56.2. The summed E-state index contributed by atoms with van der Waals surface area (Å²) in [7, 11) is 5.90. The summed E-state index contributed by atoms with van der Waals surface area (Å²) in [6.07, 6.45) is 45.6. The van der Waals surface area contributed by atoms with Gasteiger partial charge in [0.1, 0.15) is 13.2 Å². The van der Waals surface area contributed by atoms with Crippen molar-refractivity contribution in [3.63, 3.8) is 0 Å². The predicted octanol–water partition coefficient (Wildman–Crippen LogP) is 11.4. The van der Waals surface area contributed by atoms with Crippen LogP contribution < -0.4 is 5.11 Å². The number of quaternary nitrogens is 1. The minimum atomic E-state index is -1.62. The Morgan fingerprint density at radius 2 is 0.966 bits per heavy atom. The number of nitrogens with zero attached hydrogens (tertiary/aromatic N) is 1. The summed E-state index contributed by atoms with van der Waals surface area (Å²) in [5.41, 5.74) is 0. The molecule has 0 saturated heterocycles. The van der Waals surface area contributed by atoms with E-state index < -0.39 is 24.3 Å². The second kappa shape index (κ2) is 42.0. The fraction of sp³-hybridized carbons (Fsp3) is 0.780. The van der Waals surface area contributed by atoms with Crippen LogP contribution >= 0.6 is 0 Å². The Morgan fingerprint density at radius 1 is 0.525 bits per heavy atom. The van der Waals surface area contributed by atoms with Gasteiger partial charge in [-0.1, -0.05) is 159 Å². The monoisotopic (exact) mass is 832 g/mol. The highest BCUT2D eigenvalue weighted by molar-refractivity contribution is 5.70. The van der Waals surface area contributed by atoms with Gasteiger partial charge in [0.15, 0.2) is 12.4 Å². The third-order valence-electron chi connectivity index (χ3n) is 10.1.